The zero-order valence-corrected chi connectivity index (χ0v) is 17.5. The van der Waals surface area contributed by atoms with Crippen molar-refractivity contribution in [3.05, 3.63) is 96.1 Å². The lowest BCUT2D eigenvalue weighted by atomic mass is 10.0. The van der Waals surface area contributed by atoms with Crippen LogP contribution >= 0.6 is 0 Å². The number of aromatic nitrogens is 1. The van der Waals surface area contributed by atoms with Gasteiger partial charge in [-0.05, 0) is 17.2 Å². The van der Waals surface area contributed by atoms with Gasteiger partial charge in [0.1, 0.15) is 0 Å². The van der Waals surface area contributed by atoms with Gasteiger partial charge in [-0.3, -0.25) is 19.3 Å². The van der Waals surface area contributed by atoms with E-state index < -0.39 is 30.2 Å². The quantitative estimate of drug-likeness (QED) is 0.280. The largest absolute Gasteiger partial charge is 0.354 e. The van der Waals surface area contributed by atoms with E-state index in [0.717, 1.165) is 20.9 Å². The van der Waals surface area contributed by atoms with E-state index in [1.165, 1.54) is 0 Å². The summed E-state index contributed by atoms with van der Waals surface area (Å²) < 4.78 is 0. The Morgan fingerprint density at radius 3 is 2.06 bits per heavy atom. The topological polar surface area (TPSA) is 90.6 Å². The third-order valence-electron chi connectivity index (χ3n) is 5.67. The number of hydrogen-bond donors (Lipinski definition) is 1. The second kappa shape index (κ2) is 8.20. The molecule has 0 saturated carbocycles. The molecule has 4 amide bonds. The fraction of sp³-hybridized carbons (Fsp3) is 0.0769. The zero-order valence-electron chi connectivity index (χ0n) is 17.5. The van der Waals surface area contributed by atoms with E-state index in [0.29, 0.717) is 22.2 Å². The Kier molecular flexibility index (Phi) is 5.06. The minimum atomic E-state index is -0.995. The number of nitrogens with zero attached hydrogens (tertiary/aromatic N) is 2. The Bertz CT molecular complexity index is 1390. The fourth-order valence-electron chi connectivity index (χ4n) is 4.07. The molecule has 0 spiro atoms. The SMILES string of the molecule is O=C(CN1C(=O)C(=O)N(Cc2ccccc2)C1=O)c1c(-c2ccccc2)[nH]c2ccccc12. The maximum Gasteiger partial charge on any atom is 0.334 e. The van der Waals surface area contributed by atoms with Crippen LogP contribution in [0.2, 0.25) is 0 Å². The van der Waals surface area contributed by atoms with Gasteiger partial charge < -0.3 is 4.98 Å². The molecule has 1 aliphatic heterocycles. The smallest absolute Gasteiger partial charge is 0.334 e. The van der Waals surface area contributed by atoms with Crippen LogP contribution in [-0.4, -0.2) is 45.0 Å². The molecule has 1 aliphatic rings. The molecule has 7 heteroatoms. The number of aromatic amines is 1. The van der Waals surface area contributed by atoms with E-state index >= 15 is 0 Å². The Labute approximate surface area is 189 Å². The molecule has 2 heterocycles. The van der Waals surface area contributed by atoms with Crippen molar-refractivity contribution in [2.45, 2.75) is 6.54 Å². The lowest BCUT2D eigenvalue weighted by Gasteiger charge is -2.15. The van der Waals surface area contributed by atoms with Crippen molar-refractivity contribution in [3.63, 3.8) is 0 Å². The predicted octanol–water partition coefficient (Wildman–Crippen LogP) is 4.01. The number of benzene rings is 3. The second-order valence-corrected chi connectivity index (χ2v) is 7.76. The van der Waals surface area contributed by atoms with E-state index in [1.54, 1.807) is 24.3 Å². The van der Waals surface area contributed by atoms with Gasteiger partial charge in [-0.2, -0.15) is 0 Å². The Morgan fingerprint density at radius 2 is 1.33 bits per heavy atom. The number of H-pyrrole nitrogens is 1. The van der Waals surface area contributed by atoms with Crippen LogP contribution in [0.25, 0.3) is 22.2 Å². The number of carbonyl (C=O) groups is 4. The molecule has 3 aromatic carbocycles. The molecule has 0 aliphatic carbocycles. The van der Waals surface area contributed by atoms with Gasteiger partial charge in [0.25, 0.3) is 0 Å². The number of imide groups is 2. The molecular weight excluding hydrogens is 418 g/mol. The lowest BCUT2D eigenvalue weighted by Crippen LogP contribution is -2.37. The van der Waals surface area contributed by atoms with Crippen molar-refractivity contribution in [2.75, 3.05) is 6.54 Å². The van der Waals surface area contributed by atoms with Gasteiger partial charge in [-0.25, -0.2) is 9.69 Å². The number of ketones is 1. The molecule has 7 nitrogen and oxygen atoms in total. The highest BCUT2D eigenvalue weighted by atomic mass is 16.2. The van der Waals surface area contributed by atoms with Crippen LogP contribution in [0.3, 0.4) is 0 Å². The van der Waals surface area contributed by atoms with Crippen molar-refractivity contribution in [1.29, 1.82) is 0 Å². The molecule has 1 fully saturated rings. The summed E-state index contributed by atoms with van der Waals surface area (Å²) in [4.78, 5) is 56.3. The first-order valence-electron chi connectivity index (χ1n) is 10.4. The highest BCUT2D eigenvalue weighted by Crippen LogP contribution is 2.31. The summed E-state index contributed by atoms with van der Waals surface area (Å²) in [6.45, 7) is -0.548. The number of hydrogen-bond acceptors (Lipinski definition) is 4. The number of Topliss-reactive ketones (excluding diaryl/α,β-unsaturated/α-hetero) is 1. The van der Waals surface area contributed by atoms with Crippen molar-refractivity contribution in [2.24, 2.45) is 0 Å². The predicted molar refractivity (Wildman–Crippen MR) is 122 cm³/mol. The number of amides is 4. The number of fused-ring (bicyclic) bond motifs is 1. The van der Waals surface area contributed by atoms with Gasteiger partial charge in [-0.15, -0.1) is 0 Å². The van der Waals surface area contributed by atoms with Gasteiger partial charge >= 0.3 is 17.8 Å². The molecule has 0 bridgehead atoms. The van der Waals surface area contributed by atoms with Crippen LogP contribution in [-0.2, 0) is 16.1 Å². The lowest BCUT2D eigenvalue weighted by molar-refractivity contribution is -0.143. The fourth-order valence-corrected chi connectivity index (χ4v) is 4.07. The maximum absolute atomic E-state index is 13.4. The van der Waals surface area contributed by atoms with E-state index in [1.807, 2.05) is 60.7 Å². The number of carbonyl (C=O) groups excluding carboxylic acids is 4. The van der Waals surface area contributed by atoms with Crippen molar-refractivity contribution in [1.82, 2.24) is 14.8 Å². The van der Waals surface area contributed by atoms with Gasteiger partial charge in [0.2, 0.25) is 0 Å². The summed E-state index contributed by atoms with van der Waals surface area (Å²) in [5.74, 6) is -2.35. The Morgan fingerprint density at radius 1 is 0.727 bits per heavy atom. The van der Waals surface area contributed by atoms with Crippen LogP contribution in [0.4, 0.5) is 4.79 Å². The molecule has 0 unspecified atom stereocenters. The first kappa shape index (κ1) is 20.4. The summed E-state index contributed by atoms with van der Waals surface area (Å²) in [5, 5.41) is 0.688. The molecule has 4 aromatic rings. The normalized spacial score (nSPS) is 13.9. The molecular formula is C26H19N3O4. The average molecular weight is 437 g/mol. The highest BCUT2D eigenvalue weighted by Gasteiger charge is 2.45. The first-order chi connectivity index (χ1) is 16.0. The van der Waals surface area contributed by atoms with Gasteiger partial charge in [-0.1, -0.05) is 78.9 Å². The van der Waals surface area contributed by atoms with E-state index in [2.05, 4.69) is 4.98 Å². The van der Waals surface area contributed by atoms with Crippen LogP contribution in [0.1, 0.15) is 15.9 Å². The third kappa shape index (κ3) is 3.59. The summed E-state index contributed by atoms with van der Waals surface area (Å²) in [6, 6.07) is 24.8. The van der Waals surface area contributed by atoms with Gasteiger partial charge in [0.05, 0.1) is 24.3 Å². The second-order valence-electron chi connectivity index (χ2n) is 7.76. The Hall–Kier alpha value is -4.52. The molecule has 5 rings (SSSR count). The summed E-state index contributed by atoms with van der Waals surface area (Å²) in [7, 11) is 0. The summed E-state index contributed by atoms with van der Waals surface area (Å²) in [6.07, 6.45) is 0. The molecule has 1 saturated heterocycles. The number of para-hydroxylation sites is 1. The van der Waals surface area contributed by atoms with E-state index in [4.69, 9.17) is 0 Å². The van der Waals surface area contributed by atoms with Crippen molar-refractivity contribution < 1.29 is 19.2 Å². The minimum absolute atomic E-state index is 0.0305. The summed E-state index contributed by atoms with van der Waals surface area (Å²) >= 11 is 0. The van der Waals surface area contributed by atoms with Crippen molar-refractivity contribution in [3.8, 4) is 11.3 Å². The number of nitrogens with one attached hydrogen (secondary N) is 1. The zero-order chi connectivity index (χ0) is 22.9. The summed E-state index contributed by atoms with van der Waals surface area (Å²) in [5.41, 5.74) is 3.27. The maximum atomic E-state index is 13.4. The highest BCUT2D eigenvalue weighted by molar-refractivity contribution is 6.45. The molecule has 0 atom stereocenters. The molecule has 1 aromatic heterocycles. The minimum Gasteiger partial charge on any atom is -0.354 e. The average Bonchev–Trinajstić information content (AvgIpc) is 3.33. The third-order valence-corrected chi connectivity index (χ3v) is 5.67. The van der Waals surface area contributed by atoms with Crippen LogP contribution in [0.15, 0.2) is 84.9 Å². The van der Waals surface area contributed by atoms with Crippen LogP contribution in [0, 0.1) is 0 Å². The monoisotopic (exact) mass is 437 g/mol. The molecule has 1 N–H and O–H groups in total. The van der Waals surface area contributed by atoms with Crippen LogP contribution in [0.5, 0.6) is 0 Å². The van der Waals surface area contributed by atoms with Crippen molar-refractivity contribution >= 4 is 34.5 Å². The van der Waals surface area contributed by atoms with E-state index in [9.17, 15) is 19.2 Å². The first-order valence-corrected chi connectivity index (χ1v) is 10.4. The standard InChI is InChI=1S/C26H19N3O4/c30-21(16-29-25(32)24(31)28(26(29)33)15-17-9-3-1-4-10-17)22-19-13-7-8-14-20(19)27-23(22)18-11-5-2-6-12-18/h1-14,27H,15-16H2. The molecule has 162 valence electrons. The van der Waals surface area contributed by atoms with Gasteiger partial charge in [0.15, 0.2) is 5.78 Å². The number of rotatable bonds is 6. The molecule has 33 heavy (non-hydrogen) atoms. The molecule has 0 radical (unpaired) electrons. The van der Waals surface area contributed by atoms with E-state index in [-0.39, 0.29) is 6.54 Å². The number of urea groups is 1. The van der Waals surface area contributed by atoms with Crippen LogP contribution < -0.4 is 0 Å². The van der Waals surface area contributed by atoms with Gasteiger partial charge in [0, 0.05) is 10.9 Å². The Balaban J connectivity index is 1.47.